The third-order valence-corrected chi connectivity index (χ3v) is 10.3. The van der Waals surface area contributed by atoms with Crippen molar-refractivity contribution in [2.75, 3.05) is 5.32 Å². The molecule has 0 fully saturated rings. The van der Waals surface area contributed by atoms with Crippen molar-refractivity contribution in [3.05, 3.63) is 191 Å². The zero-order chi connectivity index (χ0) is 30.2. The lowest BCUT2D eigenvalue weighted by atomic mass is 9.68. The highest BCUT2D eigenvalue weighted by Crippen LogP contribution is 2.57. The maximum absolute atomic E-state index is 3.90. The second kappa shape index (κ2) is 9.55. The van der Waals surface area contributed by atoms with Gasteiger partial charge in [-0.3, -0.25) is 0 Å². The molecule has 0 radical (unpaired) electrons. The zero-order valence-electron chi connectivity index (χ0n) is 25.5. The van der Waals surface area contributed by atoms with Gasteiger partial charge in [-0.1, -0.05) is 141 Å². The Labute approximate surface area is 264 Å². The van der Waals surface area contributed by atoms with E-state index < -0.39 is 0 Å². The molecule has 214 valence electrons. The zero-order valence-corrected chi connectivity index (χ0v) is 25.5. The summed E-state index contributed by atoms with van der Waals surface area (Å²) in [7, 11) is 0. The lowest BCUT2D eigenvalue weighted by Crippen LogP contribution is -2.28. The van der Waals surface area contributed by atoms with Crippen molar-refractivity contribution in [2.24, 2.45) is 0 Å². The average Bonchev–Trinajstić information content (AvgIpc) is 3.51. The van der Waals surface area contributed by atoms with Gasteiger partial charge in [0.2, 0.25) is 0 Å². The minimum absolute atomic E-state index is 0.0752. The predicted octanol–water partition coefficient (Wildman–Crippen LogP) is 11.3. The highest BCUT2D eigenvalue weighted by Gasteiger charge is 2.46. The Hall–Kier alpha value is -5.40. The molecule has 0 aromatic heterocycles. The summed E-state index contributed by atoms with van der Waals surface area (Å²) in [6.45, 7) is 4.71. The van der Waals surface area contributed by atoms with Crippen molar-refractivity contribution in [3.8, 4) is 22.3 Å². The first-order valence-corrected chi connectivity index (χ1v) is 15.9. The quantitative estimate of drug-likeness (QED) is 0.220. The molecule has 0 heterocycles. The van der Waals surface area contributed by atoms with Gasteiger partial charge >= 0.3 is 0 Å². The van der Waals surface area contributed by atoms with Crippen molar-refractivity contribution in [1.29, 1.82) is 0 Å². The van der Waals surface area contributed by atoms with Gasteiger partial charge in [0.25, 0.3) is 0 Å². The molecule has 0 spiro atoms. The van der Waals surface area contributed by atoms with Gasteiger partial charge in [0.05, 0.1) is 5.41 Å². The lowest BCUT2D eigenvalue weighted by molar-refractivity contribution is 0.661. The minimum Gasteiger partial charge on any atom is -0.355 e. The largest absolute Gasteiger partial charge is 0.355 e. The van der Waals surface area contributed by atoms with E-state index in [1.54, 1.807) is 0 Å². The molecule has 45 heavy (non-hydrogen) atoms. The first-order chi connectivity index (χ1) is 22.1. The van der Waals surface area contributed by atoms with Crippen LogP contribution in [0.4, 0.5) is 11.4 Å². The molecule has 0 bridgehead atoms. The summed E-state index contributed by atoms with van der Waals surface area (Å²) >= 11 is 0. The molecule has 2 aliphatic carbocycles. The molecule has 7 aromatic rings. The number of hydrogen-bond acceptors (Lipinski definition) is 1. The summed E-state index contributed by atoms with van der Waals surface area (Å²) in [5.74, 6) is 0. The molecule has 1 nitrogen and oxygen atoms in total. The Kier molecular flexibility index (Phi) is 5.53. The van der Waals surface area contributed by atoms with Gasteiger partial charge in [-0.15, -0.1) is 0 Å². The van der Waals surface area contributed by atoms with Crippen LogP contribution in [-0.2, 0) is 10.8 Å². The molecule has 0 saturated heterocycles. The summed E-state index contributed by atoms with van der Waals surface area (Å²) in [6, 6.07) is 58.2. The van der Waals surface area contributed by atoms with E-state index in [0.717, 1.165) is 11.4 Å². The fourth-order valence-electron chi connectivity index (χ4n) is 8.26. The van der Waals surface area contributed by atoms with Crippen molar-refractivity contribution < 1.29 is 0 Å². The molecular formula is C44H33N. The maximum Gasteiger partial charge on any atom is 0.0713 e. The molecule has 9 rings (SSSR count). The molecular weight excluding hydrogens is 542 g/mol. The smallest absolute Gasteiger partial charge is 0.0713 e. The Morgan fingerprint density at radius 2 is 1.02 bits per heavy atom. The number of nitrogens with one attached hydrogen (secondary N) is 1. The van der Waals surface area contributed by atoms with Crippen LogP contribution in [0.5, 0.6) is 0 Å². The summed E-state index contributed by atoms with van der Waals surface area (Å²) in [4.78, 5) is 0. The number of anilines is 2. The topological polar surface area (TPSA) is 12.0 Å². The van der Waals surface area contributed by atoms with Crippen molar-refractivity contribution in [1.82, 2.24) is 0 Å². The van der Waals surface area contributed by atoms with Crippen LogP contribution >= 0.6 is 0 Å². The molecule has 2 aliphatic rings. The van der Waals surface area contributed by atoms with Crippen LogP contribution in [0.2, 0.25) is 0 Å². The number of fused-ring (bicyclic) bond motifs is 7. The van der Waals surface area contributed by atoms with Crippen LogP contribution in [0.1, 0.15) is 47.2 Å². The van der Waals surface area contributed by atoms with E-state index in [1.807, 2.05) is 0 Å². The van der Waals surface area contributed by atoms with Crippen LogP contribution in [-0.4, -0.2) is 0 Å². The molecule has 0 unspecified atom stereocenters. The predicted molar refractivity (Wildman–Crippen MR) is 189 cm³/mol. The van der Waals surface area contributed by atoms with Gasteiger partial charge in [-0.05, 0) is 91.2 Å². The van der Waals surface area contributed by atoms with Crippen LogP contribution in [0.3, 0.4) is 0 Å². The lowest BCUT2D eigenvalue weighted by Gasteiger charge is -2.33. The molecule has 1 heteroatoms. The highest BCUT2D eigenvalue weighted by atomic mass is 14.9. The molecule has 0 atom stereocenters. The van der Waals surface area contributed by atoms with Crippen LogP contribution in [0.15, 0.2) is 158 Å². The van der Waals surface area contributed by atoms with Crippen molar-refractivity contribution >= 4 is 22.1 Å². The van der Waals surface area contributed by atoms with Gasteiger partial charge in [-0.25, -0.2) is 0 Å². The number of hydrogen-bond donors (Lipinski definition) is 1. The van der Waals surface area contributed by atoms with E-state index in [-0.39, 0.29) is 10.8 Å². The van der Waals surface area contributed by atoms with Gasteiger partial charge < -0.3 is 5.32 Å². The van der Waals surface area contributed by atoms with Crippen LogP contribution in [0, 0.1) is 0 Å². The third kappa shape index (κ3) is 3.61. The summed E-state index contributed by atoms with van der Waals surface area (Å²) in [5.41, 5.74) is 15.0. The summed E-state index contributed by atoms with van der Waals surface area (Å²) in [6.07, 6.45) is 0. The Bertz CT molecular complexity index is 2220. The van der Waals surface area contributed by atoms with Crippen LogP contribution < -0.4 is 5.32 Å². The normalized spacial score (nSPS) is 14.8. The summed E-state index contributed by atoms with van der Waals surface area (Å²) < 4.78 is 0. The number of benzene rings is 7. The minimum atomic E-state index is -0.384. The summed E-state index contributed by atoms with van der Waals surface area (Å²) in [5, 5.41) is 6.47. The second-order valence-electron chi connectivity index (χ2n) is 13.0. The second-order valence-corrected chi connectivity index (χ2v) is 13.0. The van der Waals surface area contributed by atoms with E-state index in [2.05, 4.69) is 177 Å². The SMILES string of the molecule is CC1(C)c2cc3ccccc3cc2-c2c(Nc3ccc4c(c3)-c3ccccc3C4(c3ccccc3)c3ccccc3)cccc21. The maximum atomic E-state index is 3.90. The first-order valence-electron chi connectivity index (χ1n) is 15.9. The fraction of sp³-hybridized carbons (Fsp3) is 0.0909. The first kappa shape index (κ1) is 26.0. The van der Waals surface area contributed by atoms with E-state index in [1.165, 1.54) is 66.4 Å². The molecule has 0 saturated carbocycles. The van der Waals surface area contributed by atoms with Gasteiger partial charge in [-0.2, -0.15) is 0 Å². The standard InChI is InChI=1S/C44H33N/c1-43(2)39-22-13-23-41(42(39)36-26-29-14-9-10-15-30(29)27-40(36)43)45-33-24-25-38-35(28-33)34-20-11-12-21-37(34)44(38,31-16-5-3-6-17-31)32-18-7-4-8-19-32/h3-28,45H,1-2H3. The highest BCUT2D eigenvalue weighted by molar-refractivity contribution is 5.98. The average molecular weight is 576 g/mol. The van der Waals surface area contributed by atoms with E-state index in [0.29, 0.717) is 0 Å². The Morgan fingerprint density at radius 1 is 0.422 bits per heavy atom. The molecule has 0 amide bonds. The van der Waals surface area contributed by atoms with Crippen molar-refractivity contribution in [3.63, 3.8) is 0 Å². The van der Waals surface area contributed by atoms with Gasteiger partial charge in [0, 0.05) is 22.4 Å². The monoisotopic (exact) mass is 575 g/mol. The fourth-order valence-corrected chi connectivity index (χ4v) is 8.26. The molecule has 1 N–H and O–H groups in total. The van der Waals surface area contributed by atoms with E-state index >= 15 is 0 Å². The van der Waals surface area contributed by atoms with E-state index in [4.69, 9.17) is 0 Å². The number of rotatable bonds is 4. The van der Waals surface area contributed by atoms with E-state index in [9.17, 15) is 0 Å². The van der Waals surface area contributed by atoms with Crippen LogP contribution in [0.25, 0.3) is 33.0 Å². The Balaban J connectivity index is 1.22. The van der Waals surface area contributed by atoms with Crippen molar-refractivity contribution in [2.45, 2.75) is 24.7 Å². The molecule has 7 aromatic carbocycles. The van der Waals surface area contributed by atoms with Gasteiger partial charge in [0.1, 0.15) is 0 Å². The Morgan fingerprint density at radius 3 is 1.76 bits per heavy atom. The third-order valence-electron chi connectivity index (χ3n) is 10.3. The van der Waals surface area contributed by atoms with Gasteiger partial charge in [0.15, 0.2) is 0 Å². The molecule has 0 aliphatic heterocycles.